The summed E-state index contributed by atoms with van der Waals surface area (Å²) < 4.78 is 5.22. The Labute approximate surface area is 84.6 Å². The van der Waals surface area contributed by atoms with E-state index in [0.29, 0.717) is 5.41 Å². The summed E-state index contributed by atoms with van der Waals surface area (Å²) in [6, 6.07) is 0. The molecule has 2 nitrogen and oxygen atoms in total. The lowest BCUT2D eigenvalue weighted by Gasteiger charge is -2.41. The molecule has 0 bridgehead atoms. The molecule has 2 rings (SSSR count). The fraction of sp³-hybridized carbons (Fsp3) is 1.00. The number of hydrogen-bond donors (Lipinski definition) is 1. The van der Waals surface area contributed by atoms with Crippen LogP contribution in [0.5, 0.6) is 0 Å². The van der Waals surface area contributed by atoms with E-state index < -0.39 is 0 Å². The van der Waals surface area contributed by atoms with Crippen LogP contribution in [0.25, 0.3) is 0 Å². The first-order chi connectivity index (χ1) is 6.35. The third-order valence-corrected chi connectivity index (χ3v) is 4.40. The molecule has 0 aromatic carbocycles. The Kier molecular flexibility index (Phi) is 3.17. The minimum Gasteiger partial charge on any atom is -0.381 e. The quantitative estimate of drug-likeness (QED) is 0.751. The maximum Gasteiger partial charge on any atom is 0.0516 e. The first kappa shape index (κ1) is 9.81. The standard InChI is InChI=1S/C10H19NOS/c11-8-10(1-3-13-4-2-10)5-9-6-12-7-9/h9H,1-8,11H2. The molecule has 0 saturated carbocycles. The molecule has 2 heterocycles. The molecule has 2 fully saturated rings. The van der Waals surface area contributed by atoms with E-state index in [0.717, 1.165) is 25.7 Å². The van der Waals surface area contributed by atoms with Crippen molar-refractivity contribution in [3.63, 3.8) is 0 Å². The third kappa shape index (κ3) is 2.20. The summed E-state index contributed by atoms with van der Waals surface area (Å²) in [5, 5.41) is 0. The molecule has 0 aromatic rings. The highest BCUT2D eigenvalue weighted by Crippen LogP contribution is 2.40. The van der Waals surface area contributed by atoms with Gasteiger partial charge in [-0.3, -0.25) is 0 Å². The Hall–Kier alpha value is 0.270. The molecule has 0 atom stereocenters. The number of nitrogens with two attached hydrogens (primary N) is 1. The van der Waals surface area contributed by atoms with Gasteiger partial charge in [0.1, 0.15) is 0 Å². The summed E-state index contributed by atoms with van der Waals surface area (Å²) in [5.74, 6) is 3.43. The fourth-order valence-electron chi connectivity index (χ4n) is 2.31. The predicted molar refractivity (Wildman–Crippen MR) is 57.0 cm³/mol. The van der Waals surface area contributed by atoms with Crippen LogP contribution in [0.2, 0.25) is 0 Å². The van der Waals surface area contributed by atoms with Crippen LogP contribution in [-0.4, -0.2) is 31.3 Å². The molecular weight excluding hydrogens is 182 g/mol. The van der Waals surface area contributed by atoms with E-state index in [4.69, 9.17) is 10.5 Å². The second-order valence-corrected chi connectivity index (χ2v) is 5.65. The van der Waals surface area contributed by atoms with Crippen molar-refractivity contribution in [1.82, 2.24) is 0 Å². The maximum atomic E-state index is 5.92. The van der Waals surface area contributed by atoms with E-state index in [1.807, 2.05) is 0 Å². The first-order valence-corrected chi connectivity index (χ1v) is 6.36. The van der Waals surface area contributed by atoms with Gasteiger partial charge in [0.25, 0.3) is 0 Å². The molecule has 13 heavy (non-hydrogen) atoms. The average Bonchev–Trinajstić information content (AvgIpc) is 2.13. The zero-order valence-electron chi connectivity index (χ0n) is 8.13. The summed E-state index contributed by atoms with van der Waals surface area (Å²) >= 11 is 2.08. The molecule has 2 aliphatic heterocycles. The van der Waals surface area contributed by atoms with Crippen LogP contribution in [0.1, 0.15) is 19.3 Å². The Bertz CT molecular complexity index is 164. The van der Waals surface area contributed by atoms with Crippen molar-refractivity contribution in [2.24, 2.45) is 17.1 Å². The molecule has 76 valence electrons. The fourth-order valence-corrected chi connectivity index (χ4v) is 3.67. The second-order valence-electron chi connectivity index (χ2n) is 4.42. The van der Waals surface area contributed by atoms with E-state index in [2.05, 4.69) is 11.8 Å². The summed E-state index contributed by atoms with van der Waals surface area (Å²) in [6.07, 6.45) is 3.96. The van der Waals surface area contributed by atoms with E-state index in [1.165, 1.54) is 30.8 Å². The van der Waals surface area contributed by atoms with Crippen LogP contribution in [0.3, 0.4) is 0 Å². The summed E-state index contributed by atoms with van der Waals surface area (Å²) in [5.41, 5.74) is 6.39. The van der Waals surface area contributed by atoms with E-state index in [1.54, 1.807) is 0 Å². The molecule has 0 aliphatic carbocycles. The lowest BCUT2D eigenvalue weighted by molar-refractivity contribution is -0.0546. The Morgan fingerprint density at radius 1 is 1.31 bits per heavy atom. The van der Waals surface area contributed by atoms with Crippen LogP contribution >= 0.6 is 11.8 Å². The van der Waals surface area contributed by atoms with Crippen molar-refractivity contribution in [3.8, 4) is 0 Å². The topological polar surface area (TPSA) is 35.2 Å². The molecule has 2 aliphatic rings. The molecule has 0 spiro atoms. The molecule has 3 heteroatoms. The van der Waals surface area contributed by atoms with Crippen LogP contribution in [0.15, 0.2) is 0 Å². The zero-order valence-corrected chi connectivity index (χ0v) is 8.94. The SMILES string of the molecule is NCC1(CC2COC2)CCSCC1. The molecular formula is C10H19NOS. The van der Waals surface area contributed by atoms with Crippen LogP contribution in [0, 0.1) is 11.3 Å². The summed E-state index contributed by atoms with van der Waals surface area (Å²) in [7, 11) is 0. The highest BCUT2D eigenvalue weighted by Gasteiger charge is 2.35. The van der Waals surface area contributed by atoms with Crippen molar-refractivity contribution >= 4 is 11.8 Å². The van der Waals surface area contributed by atoms with Crippen LogP contribution in [-0.2, 0) is 4.74 Å². The average molecular weight is 201 g/mol. The molecule has 2 saturated heterocycles. The second kappa shape index (κ2) is 4.20. The predicted octanol–water partition coefficient (Wildman–Crippen LogP) is 1.49. The van der Waals surface area contributed by atoms with Crippen molar-refractivity contribution < 1.29 is 4.74 Å². The Balaban J connectivity index is 1.88. The number of rotatable bonds is 3. The van der Waals surface area contributed by atoms with Crippen molar-refractivity contribution in [2.75, 3.05) is 31.3 Å². The lowest BCUT2D eigenvalue weighted by atomic mass is 9.74. The highest BCUT2D eigenvalue weighted by atomic mass is 32.2. The maximum absolute atomic E-state index is 5.92. The van der Waals surface area contributed by atoms with Gasteiger partial charge in [0.05, 0.1) is 13.2 Å². The van der Waals surface area contributed by atoms with Gasteiger partial charge in [-0.15, -0.1) is 0 Å². The van der Waals surface area contributed by atoms with Gasteiger partial charge in [0.15, 0.2) is 0 Å². The Morgan fingerprint density at radius 2 is 2.00 bits per heavy atom. The third-order valence-electron chi connectivity index (χ3n) is 3.42. The lowest BCUT2D eigenvalue weighted by Crippen LogP contribution is -2.41. The molecule has 0 unspecified atom stereocenters. The summed E-state index contributed by atoms with van der Waals surface area (Å²) in [6.45, 7) is 2.84. The van der Waals surface area contributed by atoms with Crippen molar-refractivity contribution in [1.29, 1.82) is 0 Å². The normalized spacial score (nSPS) is 28.4. The molecule has 0 aromatic heterocycles. The van der Waals surface area contributed by atoms with Crippen molar-refractivity contribution in [2.45, 2.75) is 19.3 Å². The van der Waals surface area contributed by atoms with Gasteiger partial charge in [-0.05, 0) is 42.7 Å². The van der Waals surface area contributed by atoms with Gasteiger partial charge in [0.2, 0.25) is 0 Å². The van der Waals surface area contributed by atoms with Crippen molar-refractivity contribution in [3.05, 3.63) is 0 Å². The largest absolute Gasteiger partial charge is 0.381 e. The van der Waals surface area contributed by atoms with Crippen LogP contribution in [0.4, 0.5) is 0 Å². The number of ether oxygens (including phenoxy) is 1. The first-order valence-electron chi connectivity index (χ1n) is 5.20. The molecule has 0 amide bonds. The van der Waals surface area contributed by atoms with Gasteiger partial charge in [0, 0.05) is 5.92 Å². The van der Waals surface area contributed by atoms with Gasteiger partial charge in [-0.1, -0.05) is 0 Å². The Morgan fingerprint density at radius 3 is 2.46 bits per heavy atom. The molecule has 0 radical (unpaired) electrons. The minimum absolute atomic E-state index is 0.472. The summed E-state index contributed by atoms with van der Waals surface area (Å²) in [4.78, 5) is 0. The minimum atomic E-state index is 0.472. The van der Waals surface area contributed by atoms with E-state index in [-0.39, 0.29) is 0 Å². The number of thioether (sulfide) groups is 1. The van der Waals surface area contributed by atoms with E-state index in [9.17, 15) is 0 Å². The zero-order chi connectivity index (χ0) is 9.15. The van der Waals surface area contributed by atoms with E-state index >= 15 is 0 Å². The van der Waals surface area contributed by atoms with Gasteiger partial charge in [-0.25, -0.2) is 0 Å². The molecule has 2 N–H and O–H groups in total. The smallest absolute Gasteiger partial charge is 0.0516 e. The van der Waals surface area contributed by atoms with Gasteiger partial charge < -0.3 is 10.5 Å². The van der Waals surface area contributed by atoms with Gasteiger partial charge >= 0.3 is 0 Å². The highest BCUT2D eigenvalue weighted by molar-refractivity contribution is 7.99. The van der Waals surface area contributed by atoms with Crippen LogP contribution < -0.4 is 5.73 Å². The number of hydrogen-bond acceptors (Lipinski definition) is 3. The van der Waals surface area contributed by atoms with Gasteiger partial charge in [-0.2, -0.15) is 11.8 Å². The monoisotopic (exact) mass is 201 g/mol.